The molecule has 0 radical (unpaired) electrons. The molecule has 78 valence electrons. The second-order valence-electron chi connectivity index (χ2n) is 3.91. The number of halogens is 1. The minimum atomic E-state index is 0.268. The number of aliphatic hydroxyl groups is 1. The van der Waals surface area contributed by atoms with Crippen LogP contribution in [0.4, 0.5) is 0 Å². The Hall–Kier alpha value is -0.0900. The van der Waals surface area contributed by atoms with E-state index in [-0.39, 0.29) is 6.61 Å². The van der Waals surface area contributed by atoms with Gasteiger partial charge in [-0.15, -0.1) is 11.3 Å². The van der Waals surface area contributed by atoms with Crippen LogP contribution in [0.15, 0.2) is 12.1 Å². The molecule has 2 unspecified atom stereocenters. The first kappa shape index (κ1) is 10.4. The van der Waals surface area contributed by atoms with E-state index in [9.17, 15) is 5.11 Å². The van der Waals surface area contributed by atoms with E-state index in [1.807, 2.05) is 6.07 Å². The van der Waals surface area contributed by atoms with Crippen molar-refractivity contribution in [3.63, 3.8) is 0 Å². The average Bonchev–Trinajstić information content (AvgIpc) is 2.71. The van der Waals surface area contributed by atoms with Crippen LogP contribution in [0, 0.1) is 5.92 Å². The molecule has 1 fully saturated rings. The van der Waals surface area contributed by atoms with Gasteiger partial charge in [-0.1, -0.05) is 11.6 Å². The molecule has 1 aliphatic heterocycles. The van der Waals surface area contributed by atoms with Gasteiger partial charge in [-0.25, -0.2) is 0 Å². The number of hydrogen-bond acceptors (Lipinski definition) is 3. The molecule has 4 heteroatoms. The lowest BCUT2D eigenvalue weighted by molar-refractivity contribution is 0.220. The highest BCUT2D eigenvalue weighted by atomic mass is 35.5. The SMILES string of the molecule is CN1CC(CO)C(c2ccc(Cl)s2)C1. The van der Waals surface area contributed by atoms with Gasteiger partial charge in [0.15, 0.2) is 0 Å². The van der Waals surface area contributed by atoms with Gasteiger partial charge in [0.05, 0.1) is 4.34 Å². The molecule has 2 atom stereocenters. The lowest BCUT2D eigenvalue weighted by atomic mass is 9.95. The highest BCUT2D eigenvalue weighted by molar-refractivity contribution is 7.16. The van der Waals surface area contributed by atoms with Crippen LogP contribution in [-0.2, 0) is 0 Å². The van der Waals surface area contributed by atoms with E-state index in [2.05, 4.69) is 18.0 Å². The monoisotopic (exact) mass is 231 g/mol. The van der Waals surface area contributed by atoms with Crippen LogP contribution in [0.2, 0.25) is 4.34 Å². The highest BCUT2D eigenvalue weighted by Crippen LogP contribution is 2.36. The summed E-state index contributed by atoms with van der Waals surface area (Å²) < 4.78 is 0.839. The molecule has 1 aliphatic rings. The first-order chi connectivity index (χ1) is 6.70. The van der Waals surface area contributed by atoms with E-state index in [1.165, 1.54) is 4.88 Å². The Bertz CT molecular complexity index is 315. The molecule has 0 aliphatic carbocycles. The Morgan fingerprint density at radius 1 is 1.57 bits per heavy atom. The number of aliphatic hydroxyl groups excluding tert-OH is 1. The molecule has 2 rings (SSSR count). The second-order valence-corrected chi connectivity index (χ2v) is 5.66. The standard InChI is InChI=1S/C10H14ClNOS/c1-12-4-7(6-13)8(5-12)9-2-3-10(11)14-9/h2-3,7-8,13H,4-6H2,1H3. The Labute approximate surface area is 93.1 Å². The van der Waals surface area contributed by atoms with Crippen LogP contribution in [0.1, 0.15) is 10.8 Å². The molecule has 2 nitrogen and oxygen atoms in total. The zero-order chi connectivity index (χ0) is 10.1. The van der Waals surface area contributed by atoms with Crippen molar-refractivity contribution in [3.05, 3.63) is 21.3 Å². The summed E-state index contributed by atoms with van der Waals surface area (Å²) in [4.78, 5) is 3.57. The number of rotatable bonds is 2. The van der Waals surface area contributed by atoms with Crippen molar-refractivity contribution in [1.29, 1.82) is 0 Å². The van der Waals surface area contributed by atoms with Gasteiger partial charge < -0.3 is 10.0 Å². The summed E-state index contributed by atoms with van der Waals surface area (Å²) in [6, 6.07) is 4.02. The summed E-state index contributed by atoms with van der Waals surface area (Å²) in [6.07, 6.45) is 0. The molecule has 2 heterocycles. The van der Waals surface area contributed by atoms with Gasteiger partial charge in [0.25, 0.3) is 0 Å². The van der Waals surface area contributed by atoms with E-state index in [0.717, 1.165) is 17.4 Å². The van der Waals surface area contributed by atoms with Crippen molar-refractivity contribution in [1.82, 2.24) is 4.90 Å². The second kappa shape index (κ2) is 4.19. The van der Waals surface area contributed by atoms with E-state index in [1.54, 1.807) is 11.3 Å². The third-order valence-corrected chi connectivity index (χ3v) is 4.18. The van der Waals surface area contributed by atoms with Gasteiger partial charge in [0.1, 0.15) is 0 Å². The van der Waals surface area contributed by atoms with Crippen molar-refractivity contribution >= 4 is 22.9 Å². The molecular weight excluding hydrogens is 218 g/mol. The van der Waals surface area contributed by atoms with E-state index in [4.69, 9.17) is 11.6 Å². The maximum atomic E-state index is 9.27. The molecule has 0 saturated carbocycles. The van der Waals surface area contributed by atoms with Gasteiger partial charge in [-0.3, -0.25) is 0 Å². The van der Waals surface area contributed by atoms with Gasteiger partial charge in [-0.05, 0) is 19.2 Å². The molecule has 14 heavy (non-hydrogen) atoms. The quantitative estimate of drug-likeness (QED) is 0.842. The molecule has 0 amide bonds. The molecule has 1 N–H and O–H groups in total. The minimum absolute atomic E-state index is 0.268. The fourth-order valence-corrected chi connectivity index (χ4v) is 3.37. The van der Waals surface area contributed by atoms with Crippen molar-refractivity contribution < 1.29 is 5.11 Å². The summed E-state index contributed by atoms with van der Waals surface area (Å²) in [5, 5.41) is 9.27. The summed E-state index contributed by atoms with van der Waals surface area (Å²) >= 11 is 7.54. The molecule has 0 aromatic carbocycles. The van der Waals surface area contributed by atoms with Gasteiger partial charge >= 0.3 is 0 Å². The maximum absolute atomic E-state index is 9.27. The number of likely N-dealkylation sites (tertiary alicyclic amines) is 1. The summed E-state index contributed by atoms with van der Waals surface area (Å²) in [5.41, 5.74) is 0. The van der Waals surface area contributed by atoms with Crippen molar-refractivity contribution in [2.75, 3.05) is 26.7 Å². The number of likely N-dealkylation sites (N-methyl/N-ethyl adjacent to an activating group) is 1. The molecule has 1 aromatic heterocycles. The van der Waals surface area contributed by atoms with Crippen LogP contribution < -0.4 is 0 Å². The van der Waals surface area contributed by atoms with Crippen LogP contribution in [-0.4, -0.2) is 36.8 Å². The largest absolute Gasteiger partial charge is 0.396 e. The highest BCUT2D eigenvalue weighted by Gasteiger charge is 2.32. The van der Waals surface area contributed by atoms with Crippen LogP contribution in [0.5, 0.6) is 0 Å². The van der Waals surface area contributed by atoms with Crippen LogP contribution >= 0.6 is 22.9 Å². The van der Waals surface area contributed by atoms with Crippen molar-refractivity contribution in [2.45, 2.75) is 5.92 Å². The Kier molecular flexibility index (Phi) is 3.12. The Morgan fingerprint density at radius 2 is 2.36 bits per heavy atom. The zero-order valence-electron chi connectivity index (χ0n) is 8.11. The lowest BCUT2D eigenvalue weighted by Gasteiger charge is -2.13. The lowest BCUT2D eigenvalue weighted by Crippen LogP contribution is -2.15. The first-order valence-corrected chi connectivity index (χ1v) is 5.95. The van der Waals surface area contributed by atoms with Gasteiger partial charge in [-0.2, -0.15) is 0 Å². The fourth-order valence-electron chi connectivity index (χ4n) is 2.12. The van der Waals surface area contributed by atoms with Crippen LogP contribution in [0.25, 0.3) is 0 Å². The van der Waals surface area contributed by atoms with Gasteiger partial charge in [0.2, 0.25) is 0 Å². The van der Waals surface area contributed by atoms with E-state index in [0.29, 0.717) is 11.8 Å². The van der Waals surface area contributed by atoms with Crippen LogP contribution in [0.3, 0.4) is 0 Å². The normalized spacial score (nSPS) is 28.5. The number of hydrogen-bond donors (Lipinski definition) is 1. The maximum Gasteiger partial charge on any atom is 0.0931 e. The van der Waals surface area contributed by atoms with Crippen molar-refractivity contribution in [3.8, 4) is 0 Å². The minimum Gasteiger partial charge on any atom is -0.396 e. The third kappa shape index (κ3) is 1.96. The number of thiophene rings is 1. The number of nitrogens with zero attached hydrogens (tertiary/aromatic N) is 1. The summed E-state index contributed by atoms with van der Waals surface area (Å²) in [6.45, 7) is 2.28. The predicted octanol–water partition coefficient (Wildman–Crippen LogP) is 2.04. The van der Waals surface area contributed by atoms with Gasteiger partial charge in [0, 0.05) is 36.4 Å². The molecule has 0 bridgehead atoms. The molecular formula is C10H14ClNOS. The molecule has 1 aromatic rings. The fraction of sp³-hybridized carbons (Fsp3) is 0.600. The van der Waals surface area contributed by atoms with E-state index < -0.39 is 0 Å². The smallest absolute Gasteiger partial charge is 0.0931 e. The summed E-state index contributed by atoms with van der Waals surface area (Å²) in [7, 11) is 2.10. The predicted molar refractivity (Wildman–Crippen MR) is 60.1 cm³/mol. The molecule has 0 spiro atoms. The average molecular weight is 232 g/mol. The van der Waals surface area contributed by atoms with Crippen molar-refractivity contribution in [2.24, 2.45) is 5.92 Å². The summed E-state index contributed by atoms with van der Waals surface area (Å²) in [5.74, 6) is 0.831. The van der Waals surface area contributed by atoms with E-state index >= 15 is 0 Å². The molecule has 1 saturated heterocycles. The first-order valence-electron chi connectivity index (χ1n) is 4.75. The topological polar surface area (TPSA) is 23.5 Å². The Balaban J connectivity index is 2.17. The zero-order valence-corrected chi connectivity index (χ0v) is 9.68. The Morgan fingerprint density at radius 3 is 2.93 bits per heavy atom. The third-order valence-electron chi connectivity index (χ3n) is 2.82.